The van der Waals surface area contributed by atoms with Crippen LogP contribution in [0, 0.1) is 19.3 Å². The van der Waals surface area contributed by atoms with Crippen molar-refractivity contribution >= 4 is 0 Å². The minimum Gasteiger partial charge on any atom is -0.0588 e. The van der Waals surface area contributed by atoms with Gasteiger partial charge in [-0.1, -0.05) is 25.0 Å². The molecule has 0 bridgehead atoms. The highest BCUT2D eigenvalue weighted by atomic mass is 14.4. The smallest absolute Gasteiger partial charge is 0.0213 e. The number of hydrogen-bond acceptors (Lipinski definition) is 0. The molecular weight excluding hydrogens is 180 g/mol. The standard InChI is InChI=1S/C15H20/c1-11-5-6-12(2)14-10-15(9-13(11)14)7-3-4-8-15/h5-6H,3-4,7-10H2,1-2H3. The molecule has 0 radical (unpaired) electrons. The first-order valence-electron chi connectivity index (χ1n) is 6.28. The highest BCUT2D eigenvalue weighted by Gasteiger charge is 2.40. The lowest BCUT2D eigenvalue weighted by molar-refractivity contribution is 0.317. The van der Waals surface area contributed by atoms with Crippen molar-refractivity contribution in [2.45, 2.75) is 52.4 Å². The van der Waals surface area contributed by atoms with Crippen LogP contribution in [0.1, 0.15) is 47.9 Å². The summed E-state index contributed by atoms with van der Waals surface area (Å²) in [6.07, 6.45) is 8.62. The molecule has 2 aliphatic rings. The van der Waals surface area contributed by atoms with E-state index in [1.165, 1.54) is 49.7 Å². The van der Waals surface area contributed by atoms with Gasteiger partial charge in [-0.3, -0.25) is 0 Å². The maximum absolute atomic E-state index is 2.31. The number of fused-ring (bicyclic) bond motifs is 1. The SMILES string of the molecule is Cc1ccc(C)c2c1CC1(CCCC1)C2. The fraction of sp³-hybridized carbons (Fsp3) is 0.600. The van der Waals surface area contributed by atoms with Crippen molar-refractivity contribution in [3.8, 4) is 0 Å². The van der Waals surface area contributed by atoms with Crippen molar-refractivity contribution in [3.05, 3.63) is 34.4 Å². The Morgan fingerprint density at radius 1 is 0.867 bits per heavy atom. The lowest BCUT2D eigenvalue weighted by Gasteiger charge is -2.21. The predicted molar refractivity (Wildman–Crippen MR) is 64.2 cm³/mol. The Morgan fingerprint density at radius 2 is 1.33 bits per heavy atom. The monoisotopic (exact) mass is 200 g/mol. The molecule has 0 saturated heterocycles. The molecule has 15 heavy (non-hydrogen) atoms. The van der Waals surface area contributed by atoms with E-state index in [1.807, 2.05) is 0 Å². The number of rotatable bonds is 0. The molecule has 1 aromatic carbocycles. The minimum atomic E-state index is 0.680. The zero-order valence-electron chi connectivity index (χ0n) is 9.90. The Hall–Kier alpha value is -0.780. The molecule has 1 aromatic rings. The molecule has 0 amide bonds. The van der Waals surface area contributed by atoms with Crippen LogP contribution in [0.3, 0.4) is 0 Å². The van der Waals surface area contributed by atoms with E-state index in [2.05, 4.69) is 26.0 Å². The Kier molecular flexibility index (Phi) is 1.95. The van der Waals surface area contributed by atoms with Crippen LogP contribution in [-0.4, -0.2) is 0 Å². The molecule has 1 spiro atoms. The summed E-state index contributed by atoms with van der Waals surface area (Å²) >= 11 is 0. The van der Waals surface area contributed by atoms with Gasteiger partial charge in [0.05, 0.1) is 0 Å². The summed E-state index contributed by atoms with van der Waals surface area (Å²) in [5, 5.41) is 0. The summed E-state index contributed by atoms with van der Waals surface area (Å²) in [6.45, 7) is 4.57. The van der Waals surface area contributed by atoms with Crippen LogP contribution in [0.25, 0.3) is 0 Å². The lowest BCUT2D eigenvalue weighted by atomic mass is 9.83. The predicted octanol–water partition coefficient (Wildman–Crippen LogP) is 3.96. The van der Waals surface area contributed by atoms with Crippen molar-refractivity contribution in [2.75, 3.05) is 0 Å². The van der Waals surface area contributed by atoms with Gasteiger partial charge in [-0.15, -0.1) is 0 Å². The average Bonchev–Trinajstić information content (AvgIpc) is 2.82. The van der Waals surface area contributed by atoms with Crippen molar-refractivity contribution < 1.29 is 0 Å². The van der Waals surface area contributed by atoms with Crippen molar-refractivity contribution in [1.29, 1.82) is 0 Å². The van der Waals surface area contributed by atoms with E-state index >= 15 is 0 Å². The van der Waals surface area contributed by atoms with Crippen molar-refractivity contribution in [3.63, 3.8) is 0 Å². The molecule has 0 nitrogen and oxygen atoms in total. The third-order valence-electron chi connectivity index (χ3n) is 4.67. The van der Waals surface area contributed by atoms with Gasteiger partial charge in [0.25, 0.3) is 0 Å². The maximum atomic E-state index is 2.31. The summed E-state index contributed by atoms with van der Waals surface area (Å²) in [5.41, 5.74) is 7.12. The van der Waals surface area contributed by atoms with E-state index in [1.54, 1.807) is 11.1 Å². The molecular formula is C15H20. The molecule has 80 valence electrons. The highest BCUT2D eigenvalue weighted by Crippen LogP contribution is 2.50. The zero-order chi connectivity index (χ0) is 10.5. The van der Waals surface area contributed by atoms with E-state index < -0.39 is 0 Å². The second kappa shape index (κ2) is 3.10. The normalized spacial score (nSPS) is 22.3. The van der Waals surface area contributed by atoms with Gasteiger partial charge in [-0.05, 0) is 67.2 Å². The molecule has 1 saturated carbocycles. The molecule has 0 heterocycles. The molecule has 0 heteroatoms. The van der Waals surface area contributed by atoms with Crippen LogP contribution in [-0.2, 0) is 12.8 Å². The van der Waals surface area contributed by atoms with Gasteiger partial charge in [-0.25, -0.2) is 0 Å². The summed E-state index contributed by atoms with van der Waals surface area (Å²) in [4.78, 5) is 0. The number of aryl methyl sites for hydroxylation is 2. The maximum Gasteiger partial charge on any atom is -0.0213 e. The second-order valence-corrected chi connectivity index (χ2v) is 5.72. The first-order chi connectivity index (χ1) is 7.20. The first kappa shape index (κ1) is 9.45. The molecule has 0 atom stereocenters. The summed E-state index contributed by atoms with van der Waals surface area (Å²) < 4.78 is 0. The fourth-order valence-corrected chi connectivity index (χ4v) is 3.71. The van der Waals surface area contributed by atoms with Crippen molar-refractivity contribution in [2.24, 2.45) is 5.41 Å². The van der Waals surface area contributed by atoms with E-state index in [-0.39, 0.29) is 0 Å². The number of hydrogen-bond donors (Lipinski definition) is 0. The van der Waals surface area contributed by atoms with Crippen LogP contribution in [0.15, 0.2) is 12.1 Å². The molecule has 2 aliphatic carbocycles. The van der Waals surface area contributed by atoms with E-state index in [0.29, 0.717) is 5.41 Å². The highest BCUT2D eigenvalue weighted by molar-refractivity contribution is 5.45. The van der Waals surface area contributed by atoms with Crippen LogP contribution in [0.4, 0.5) is 0 Å². The van der Waals surface area contributed by atoms with Gasteiger partial charge >= 0.3 is 0 Å². The molecule has 1 fully saturated rings. The Morgan fingerprint density at radius 3 is 1.80 bits per heavy atom. The van der Waals surface area contributed by atoms with Gasteiger partial charge in [0.15, 0.2) is 0 Å². The summed E-state index contributed by atoms with van der Waals surface area (Å²) in [5.74, 6) is 0. The molecule has 3 rings (SSSR count). The zero-order valence-corrected chi connectivity index (χ0v) is 9.90. The van der Waals surface area contributed by atoms with E-state index in [4.69, 9.17) is 0 Å². The first-order valence-corrected chi connectivity index (χ1v) is 6.28. The minimum absolute atomic E-state index is 0.680. The van der Waals surface area contributed by atoms with E-state index in [9.17, 15) is 0 Å². The molecule has 0 N–H and O–H groups in total. The van der Waals surface area contributed by atoms with Gasteiger partial charge in [0.2, 0.25) is 0 Å². The quantitative estimate of drug-likeness (QED) is 0.594. The Labute approximate surface area is 92.7 Å². The van der Waals surface area contributed by atoms with Crippen LogP contribution < -0.4 is 0 Å². The van der Waals surface area contributed by atoms with E-state index in [0.717, 1.165) is 0 Å². The summed E-state index contributed by atoms with van der Waals surface area (Å²) in [6, 6.07) is 4.62. The van der Waals surface area contributed by atoms with Crippen LogP contribution in [0.2, 0.25) is 0 Å². The fourth-order valence-electron chi connectivity index (χ4n) is 3.71. The lowest BCUT2D eigenvalue weighted by Crippen LogP contribution is -2.15. The summed E-state index contributed by atoms with van der Waals surface area (Å²) in [7, 11) is 0. The number of benzene rings is 1. The van der Waals surface area contributed by atoms with Crippen LogP contribution >= 0.6 is 0 Å². The van der Waals surface area contributed by atoms with Gasteiger partial charge in [0, 0.05) is 0 Å². The van der Waals surface area contributed by atoms with Crippen LogP contribution in [0.5, 0.6) is 0 Å². The Balaban J connectivity index is 2.05. The molecule has 0 aromatic heterocycles. The van der Waals surface area contributed by atoms with Gasteiger partial charge < -0.3 is 0 Å². The topological polar surface area (TPSA) is 0 Å². The third kappa shape index (κ3) is 1.34. The largest absolute Gasteiger partial charge is 0.0588 e. The second-order valence-electron chi connectivity index (χ2n) is 5.72. The van der Waals surface area contributed by atoms with Gasteiger partial charge in [-0.2, -0.15) is 0 Å². The average molecular weight is 200 g/mol. The molecule has 0 aliphatic heterocycles. The van der Waals surface area contributed by atoms with Gasteiger partial charge in [0.1, 0.15) is 0 Å². The Bertz CT molecular complexity index is 362. The molecule has 0 unspecified atom stereocenters. The van der Waals surface area contributed by atoms with Crippen molar-refractivity contribution in [1.82, 2.24) is 0 Å². The third-order valence-corrected chi connectivity index (χ3v) is 4.67.